The SMILES string of the molecule is COc1cc(CCc2ccccc2)ccc1O. The Kier molecular flexibility index (Phi) is 3.66. The fourth-order valence-corrected chi connectivity index (χ4v) is 1.81. The second kappa shape index (κ2) is 5.39. The van der Waals surface area contributed by atoms with E-state index in [-0.39, 0.29) is 5.75 Å². The fraction of sp³-hybridized carbons (Fsp3) is 0.200. The molecule has 0 spiro atoms. The highest BCUT2D eigenvalue weighted by atomic mass is 16.5. The average Bonchev–Trinajstić information content (AvgIpc) is 2.39. The molecule has 2 rings (SSSR count). The third kappa shape index (κ3) is 3.00. The minimum atomic E-state index is 0.191. The van der Waals surface area contributed by atoms with E-state index < -0.39 is 0 Å². The second-order valence-electron chi connectivity index (χ2n) is 3.99. The van der Waals surface area contributed by atoms with Gasteiger partial charge < -0.3 is 9.84 Å². The number of ether oxygens (including phenoxy) is 1. The lowest BCUT2D eigenvalue weighted by atomic mass is 10.0. The summed E-state index contributed by atoms with van der Waals surface area (Å²) in [5.74, 6) is 0.728. The molecule has 0 saturated carbocycles. The molecule has 0 saturated heterocycles. The lowest BCUT2D eigenvalue weighted by molar-refractivity contribution is 0.373. The molecule has 0 amide bonds. The van der Waals surface area contributed by atoms with E-state index in [0.29, 0.717) is 5.75 Å². The Morgan fingerprint density at radius 1 is 0.941 bits per heavy atom. The molecule has 88 valence electrons. The predicted octanol–water partition coefficient (Wildman–Crippen LogP) is 3.19. The molecule has 1 N–H and O–H groups in total. The van der Waals surface area contributed by atoms with Crippen molar-refractivity contribution in [3.05, 3.63) is 59.7 Å². The lowest BCUT2D eigenvalue weighted by Crippen LogP contribution is -1.92. The smallest absolute Gasteiger partial charge is 0.160 e. The molecule has 2 nitrogen and oxygen atoms in total. The second-order valence-corrected chi connectivity index (χ2v) is 3.99. The van der Waals surface area contributed by atoms with Crippen LogP contribution in [0.5, 0.6) is 11.5 Å². The number of phenols is 1. The molecule has 0 aliphatic rings. The molecule has 0 atom stereocenters. The maximum atomic E-state index is 9.50. The van der Waals surface area contributed by atoms with Gasteiger partial charge in [0.25, 0.3) is 0 Å². The van der Waals surface area contributed by atoms with Crippen LogP contribution in [0.3, 0.4) is 0 Å². The number of rotatable bonds is 4. The number of benzene rings is 2. The van der Waals surface area contributed by atoms with Crippen LogP contribution in [0.25, 0.3) is 0 Å². The molecular formula is C15H16O2. The van der Waals surface area contributed by atoms with Crippen molar-refractivity contribution in [1.82, 2.24) is 0 Å². The van der Waals surface area contributed by atoms with Crippen LogP contribution in [-0.4, -0.2) is 12.2 Å². The van der Waals surface area contributed by atoms with Crippen LogP contribution in [0.15, 0.2) is 48.5 Å². The third-order valence-electron chi connectivity index (χ3n) is 2.79. The Morgan fingerprint density at radius 2 is 1.65 bits per heavy atom. The van der Waals surface area contributed by atoms with Crippen LogP contribution in [0, 0.1) is 0 Å². The minimum Gasteiger partial charge on any atom is -0.504 e. The Labute approximate surface area is 101 Å². The molecule has 0 aliphatic carbocycles. The summed E-state index contributed by atoms with van der Waals surface area (Å²) in [6.07, 6.45) is 1.94. The monoisotopic (exact) mass is 228 g/mol. The standard InChI is InChI=1S/C15H16O2/c1-17-15-11-13(9-10-14(15)16)8-7-12-5-3-2-4-6-12/h2-6,9-11,16H,7-8H2,1H3. The molecule has 2 aromatic rings. The van der Waals surface area contributed by atoms with E-state index in [1.54, 1.807) is 13.2 Å². The summed E-state index contributed by atoms with van der Waals surface area (Å²) in [6, 6.07) is 15.9. The highest BCUT2D eigenvalue weighted by molar-refractivity contribution is 5.41. The van der Waals surface area contributed by atoms with Crippen molar-refractivity contribution in [2.75, 3.05) is 7.11 Å². The third-order valence-corrected chi connectivity index (χ3v) is 2.79. The predicted molar refractivity (Wildman–Crippen MR) is 68.5 cm³/mol. The van der Waals surface area contributed by atoms with E-state index in [0.717, 1.165) is 12.8 Å². The van der Waals surface area contributed by atoms with Gasteiger partial charge in [0.05, 0.1) is 7.11 Å². The zero-order valence-corrected chi connectivity index (χ0v) is 9.89. The van der Waals surface area contributed by atoms with Crippen molar-refractivity contribution in [2.45, 2.75) is 12.8 Å². The van der Waals surface area contributed by atoms with Gasteiger partial charge in [0.15, 0.2) is 11.5 Å². The van der Waals surface area contributed by atoms with Gasteiger partial charge in [-0.1, -0.05) is 36.4 Å². The van der Waals surface area contributed by atoms with E-state index in [1.807, 2.05) is 30.3 Å². The quantitative estimate of drug-likeness (QED) is 0.870. The van der Waals surface area contributed by atoms with E-state index in [1.165, 1.54) is 11.1 Å². The molecule has 0 aromatic heterocycles. The number of phenolic OH excluding ortho intramolecular Hbond substituents is 1. The van der Waals surface area contributed by atoms with Crippen LogP contribution in [-0.2, 0) is 12.8 Å². The first kappa shape index (κ1) is 11.5. The summed E-state index contributed by atoms with van der Waals surface area (Å²) in [6.45, 7) is 0. The van der Waals surface area contributed by atoms with E-state index in [4.69, 9.17) is 4.74 Å². The molecule has 0 fully saturated rings. The summed E-state index contributed by atoms with van der Waals surface area (Å²) in [4.78, 5) is 0. The normalized spacial score (nSPS) is 10.2. The topological polar surface area (TPSA) is 29.5 Å². The van der Waals surface area contributed by atoms with E-state index >= 15 is 0 Å². The first-order chi connectivity index (χ1) is 8.29. The minimum absolute atomic E-state index is 0.191. The molecule has 0 bridgehead atoms. The number of aryl methyl sites for hydroxylation is 2. The molecule has 0 heterocycles. The first-order valence-electron chi connectivity index (χ1n) is 5.69. The Bertz CT molecular complexity index is 478. The van der Waals surface area contributed by atoms with Crippen LogP contribution in [0.2, 0.25) is 0 Å². The largest absolute Gasteiger partial charge is 0.504 e. The maximum Gasteiger partial charge on any atom is 0.160 e. The van der Waals surface area contributed by atoms with Gasteiger partial charge in [-0.05, 0) is 36.1 Å². The molecular weight excluding hydrogens is 212 g/mol. The van der Waals surface area contributed by atoms with Gasteiger partial charge in [-0.15, -0.1) is 0 Å². The summed E-state index contributed by atoms with van der Waals surface area (Å²) < 4.78 is 5.09. The summed E-state index contributed by atoms with van der Waals surface area (Å²) in [7, 11) is 1.57. The van der Waals surface area contributed by atoms with Gasteiger partial charge in [-0.25, -0.2) is 0 Å². The van der Waals surface area contributed by atoms with Crippen LogP contribution in [0.4, 0.5) is 0 Å². The summed E-state index contributed by atoms with van der Waals surface area (Å²) in [5, 5.41) is 9.50. The number of hydrogen-bond donors (Lipinski definition) is 1. The lowest BCUT2D eigenvalue weighted by Gasteiger charge is -2.06. The van der Waals surface area contributed by atoms with Crippen molar-refractivity contribution in [1.29, 1.82) is 0 Å². The zero-order chi connectivity index (χ0) is 12.1. The Hall–Kier alpha value is -1.96. The van der Waals surface area contributed by atoms with E-state index in [9.17, 15) is 5.11 Å². The van der Waals surface area contributed by atoms with Crippen molar-refractivity contribution in [2.24, 2.45) is 0 Å². The van der Waals surface area contributed by atoms with Gasteiger partial charge >= 0.3 is 0 Å². The number of hydrogen-bond acceptors (Lipinski definition) is 2. The van der Waals surface area contributed by atoms with Crippen LogP contribution < -0.4 is 4.74 Å². The molecule has 0 aliphatic heterocycles. The van der Waals surface area contributed by atoms with Crippen LogP contribution in [0.1, 0.15) is 11.1 Å². The molecule has 2 heteroatoms. The van der Waals surface area contributed by atoms with Crippen molar-refractivity contribution in [3.8, 4) is 11.5 Å². The molecule has 0 radical (unpaired) electrons. The highest BCUT2D eigenvalue weighted by Crippen LogP contribution is 2.26. The zero-order valence-electron chi connectivity index (χ0n) is 9.89. The van der Waals surface area contributed by atoms with Gasteiger partial charge in [0, 0.05) is 0 Å². The summed E-state index contributed by atoms with van der Waals surface area (Å²) in [5.41, 5.74) is 2.49. The molecule has 0 unspecified atom stereocenters. The summed E-state index contributed by atoms with van der Waals surface area (Å²) >= 11 is 0. The highest BCUT2D eigenvalue weighted by Gasteiger charge is 2.02. The Balaban J connectivity index is 2.04. The molecule has 2 aromatic carbocycles. The van der Waals surface area contributed by atoms with Crippen molar-refractivity contribution < 1.29 is 9.84 Å². The van der Waals surface area contributed by atoms with Crippen LogP contribution >= 0.6 is 0 Å². The first-order valence-corrected chi connectivity index (χ1v) is 5.69. The van der Waals surface area contributed by atoms with E-state index in [2.05, 4.69) is 12.1 Å². The number of aromatic hydroxyl groups is 1. The van der Waals surface area contributed by atoms with Crippen molar-refractivity contribution >= 4 is 0 Å². The number of methoxy groups -OCH3 is 1. The Morgan fingerprint density at radius 3 is 2.35 bits per heavy atom. The van der Waals surface area contributed by atoms with Gasteiger partial charge in [0.2, 0.25) is 0 Å². The maximum absolute atomic E-state index is 9.50. The van der Waals surface area contributed by atoms with Gasteiger partial charge in [-0.3, -0.25) is 0 Å². The average molecular weight is 228 g/mol. The van der Waals surface area contributed by atoms with Crippen molar-refractivity contribution in [3.63, 3.8) is 0 Å². The van der Waals surface area contributed by atoms with Gasteiger partial charge in [0.1, 0.15) is 0 Å². The molecule has 17 heavy (non-hydrogen) atoms. The fourth-order valence-electron chi connectivity index (χ4n) is 1.81. The van der Waals surface area contributed by atoms with Gasteiger partial charge in [-0.2, -0.15) is 0 Å².